The molecule has 1 fully saturated rings. The molecule has 1 N–H and O–H groups in total. The number of rotatable bonds is 3. The van der Waals surface area contributed by atoms with Crippen LogP contribution in [0.5, 0.6) is 0 Å². The molecule has 1 aliphatic carbocycles. The van der Waals surface area contributed by atoms with Crippen molar-refractivity contribution in [3.63, 3.8) is 0 Å². The third-order valence-corrected chi connectivity index (χ3v) is 4.05. The number of hydrazone groups is 1. The lowest BCUT2D eigenvalue weighted by Gasteiger charge is -2.23. The first-order chi connectivity index (χ1) is 10.8. The number of hydrogen-bond acceptors (Lipinski definition) is 3. The molecule has 1 heterocycles. The molecule has 0 spiro atoms. The number of nitrogens with zero attached hydrogens (tertiary/aromatic N) is 2. The van der Waals surface area contributed by atoms with Crippen molar-refractivity contribution in [3.8, 4) is 0 Å². The first-order valence-electron chi connectivity index (χ1n) is 7.64. The highest BCUT2D eigenvalue weighted by Gasteiger charge is 2.19. The fraction of sp³-hybridized carbons (Fsp3) is 0.278. The zero-order valence-corrected chi connectivity index (χ0v) is 12.4. The number of nitrogens with one attached hydrogen (secondary N) is 1. The van der Waals surface area contributed by atoms with E-state index >= 15 is 0 Å². The lowest BCUT2D eigenvalue weighted by molar-refractivity contribution is 0.0949. The molecule has 1 amide bonds. The van der Waals surface area contributed by atoms with E-state index in [1.54, 1.807) is 24.4 Å². The SMILES string of the molecule is O=C(NN=C1CCC(c2ccccc2)CC1)c1ccccn1. The molecule has 0 aliphatic heterocycles. The molecule has 0 bridgehead atoms. The Labute approximate surface area is 130 Å². The lowest BCUT2D eigenvalue weighted by Crippen LogP contribution is -2.22. The van der Waals surface area contributed by atoms with Crippen LogP contribution < -0.4 is 5.43 Å². The minimum absolute atomic E-state index is 0.252. The number of hydrogen-bond donors (Lipinski definition) is 1. The van der Waals surface area contributed by atoms with Gasteiger partial charge in [0.05, 0.1) is 0 Å². The van der Waals surface area contributed by atoms with Gasteiger partial charge in [-0.05, 0) is 49.3 Å². The standard InChI is InChI=1S/C18H19N3O/c22-18(17-8-4-5-13-19-17)21-20-16-11-9-15(10-12-16)14-6-2-1-3-7-14/h1-8,13,15H,9-12H2,(H,21,22). The number of pyridine rings is 1. The Hall–Kier alpha value is -2.49. The highest BCUT2D eigenvalue weighted by Crippen LogP contribution is 2.31. The predicted molar refractivity (Wildman–Crippen MR) is 86.8 cm³/mol. The minimum Gasteiger partial charge on any atom is -0.266 e. The zero-order valence-electron chi connectivity index (χ0n) is 12.4. The van der Waals surface area contributed by atoms with Gasteiger partial charge in [0.15, 0.2) is 0 Å². The molecule has 112 valence electrons. The van der Waals surface area contributed by atoms with Crippen LogP contribution in [0.4, 0.5) is 0 Å². The molecule has 0 atom stereocenters. The normalized spacial score (nSPS) is 17.8. The van der Waals surface area contributed by atoms with Gasteiger partial charge >= 0.3 is 0 Å². The van der Waals surface area contributed by atoms with Crippen molar-refractivity contribution in [2.24, 2.45) is 5.10 Å². The largest absolute Gasteiger partial charge is 0.289 e. The molecule has 1 aromatic heterocycles. The maximum atomic E-state index is 11.9. The van der Waals surface area contributed by atoms with E-state index in [-0.39, 0.29) is 5.91 Å². The van der Waals surface area contributed by atoms with Gasteiger partial charge in [0.1, 0.15) is 5.69 Å². The van der Waals surface area contributed by atoms with Crippen LogP contribution in [0.1, 0.15) is 47.7 Å². The van der Waals surface area contributed by atoms with Gasteiger partial charge in [0, 0.05) is 11.9 Å². The molecule has 2 aromatic rings. The van der Waals surface area contributed by atoms with Crippen LogP contribution in [-0.2, 0) is 0 Å². The number of carbonyl (C=O) groups excluding carboxylic acids is 1. The van der Waals surface area contributed by atoms with E-state index in [1.807, 2.05) is 6.07 Å². The quantitative estimate of drug-likeness (QED) is 0.880. The van der Waals surface area contributed by atoms with Crippen LogP contribution in [0.2, 0.25) is 0 Å². The first kappa shape index (κ1) is 14.4. The van der Waals surface area contributed by atoms with Gasteiger partial charge in [-0.25, -0.2) is 5.43 Å². The van der Waals surface area contributed by atoms with Crippen molar-refractivity contribution >= 4 is 11.6 Å². The number of amides is 1. The molecule has 0 saturated heterocycles. The number of aromatic nitrogens is 1. The van der Waals surface area contributed by atoms with Gasteiger partial charge in [-0.15, -0.1) is 0 Å². The molecule has 0 radical (unpaired) electrons. The Bertz CT molecular complexity index is 643. The summed E-state index contributed by atoms with van der Waals surface area (Å²) in [4.78, 5) is 15.9. The second-order valence-electron chi connectivity index (χ2n) is 5.52. The Morgan fingerprint density at radius 1 is 1.05 bits per heavy atom. The fourth-order valence-electron chi connectivity index (χ4n) is 2.81. The van der Waals surface area contributed by atoms with Gasteiger partial charge in [-0.3, -0.25) is 9.78 Å². The van der Waals surface area contributed by atoms with E-state index < -0.39 is 0 Å². The van der Waals surface area contributed by atoms with Crippen molar-refractivity contribution in [1.82, 2.24) is 10.4 Å². The lowest BCUT2D eigenvalue weighted by atomic mass is 9.83. The first-order valence-corrected chi connectivity index (χ1v) is 7.64. The summed E-state index contributed by atoms with van der Waals surface area (Å²) < 4.78 is 0. The van der Waals surface area contributed by atoms with Crippen molar-refractivity contribution in [1.29, 1.82) is 0 Å². The Kier molecular flexibility index (Phi) is 4.59. The van der Waals surface area contributed by atoms with Crippen LogP contribution in [0, 0.1) is 0 Å². The van der Waals surface area contributed by atoms with E-state index in [0.717, 1.165) is 31.4 Å². The topological polar surface area (TPSA) is 54.4 Å². The van der Waals surface area contributed by atoms with Crippen LogP contribution in [-0.4, -0.2) is 16.6 Å². The van der Waals surface area contributed by atoms with Crippen molar-refractivity contribution < 1.29 is 4.79 Å². The van der Waals surface area contributed by atoms with E-state index in [4.69, 9.17) is 0 Å². The Morgan fingerprint density at radius 3 is 2.45 bits per heavy atom. The van der Waals surface area contributed by atoms with Crippen LogP contribution in [0.15, 0.2) is 59.8 Å². The fourth-order valence-corrected chi connectivity index (χ4v) is 2.81. The van der Waals surface area contributed by atoms with Gasteiger partial charge in [-0.1, -0.05) is 36.4 Å². The summed E-state index contributed by atoms with van der Waals surface area (Å²) in [7, 11) is 0. The smallest absolute Gasteiger partial charge is 0.266 e. The predicted octanol–water partition coefficient (Wildman–Crippen LogP) is 3.53. The van der Waals surface area contributed by atoms with Gasteiger partial charge in [0.2, 0.25) is 0 Å². The molecular weight excluding hydrogens is 274 g/mol. The second kappa shape index (κ2) is 6.98. The molecular formula is C18H19N3O. The van der Waals surface area contributed by atoms with Crippen LogP contribution >= 0.6 is 0 Å². The van der Waals surface area contributed by atoms with Crippen molar-refractivity contribution in [2.75, 3.05) is 0 Å². The van der Waals surface area contributed by atoms with Crippen LogP contribution in [0.3, 0.4) is 0 Å². The summed E-state index contributed by atoms with van der Waals surface area (Å²) in [5.74, 6) is 0.352. The average molecular weight is 293 g/mol. The maximum Gasteiger partial charge on any atom is 0.289 e. The second-order valence-corrected chi connectivity index (χ2v) is 5.52. The van der Waals surface area contributed by atoms with E-state index in [0.29, 0.717) is 11.6 Å². The number of carbonyl (C=O) groups is 1. The maximum absolute atomic E-state index is 11.9. The molecule has 1 aromatic carbocycles. The number of benzene rings is 1. The van der Waals surface area contributed by atoms with E-state index in [2.05, 4.69) is 39.8 Å². The van der Waals surface area contributed by atoms with Gasteiger partial charge < -0.3 is 0 Å². The molecule has 22 heavy (non-hydrogen) atoms. The highest BCUT2D eigenvalue weighted by atomic mass is 16.2. The molecule has 4 heteroatoms. The third-order valence-electron chi connectivity index (χ3n) is 4.05. The van der Waals surface area contributed by atoms with E-state index in [1.165, 1.54) is 5.56 Å². The summed E-state index contributed by atoms with van der Waals surface area (Å²) in [6, 6.07) is 15.9. The summed E-state index contributed by atoms with van der Waals surface area (Å²) in [5.41, 5.74) is 5.47. The van der Waals surface area contributed by atoms with Gasteiger partial charge in [0.25, 0.3) is 5.91 Å². The summed E-state index contributed by atoms with van der Waals surface area (Å²) in [6.45, 7) is 0. The summed E-state index contributed by atoms with van der Waals surface area (Å²) in [6.07, 6.45) is 5.64. The molecule has 3 rings (SSSR count). The van der Waals surface area contributed by atoms with Crippen molar-refractivity contribution in [2.45, 2.75) is 31.6 Å². The summed E-state index contributed by atoms with van der Waals surface area (Å²) in [5, 5.41) is 4.26. The highest BCUT2D eigenvalue weighted by molar-refractivity contribution is 5.94. The van der Waals surface area contributed by atoms with Crippen LogP contribution in [0.25, 0.3) is 0 Å². The monoisotopic (exact) mass is 293 g/mol. The Balaban J connectivity index is 1.54. The van der Waals surface area contributed by atoms with E-state index in [9.17, 15) is 4.79 Å². The molecule has 1 saturated carbocycles. The summed E-state index contributed by atoms with van der Waals surface area (Å²) >= 11 is 0. The molecule has 1 aliphatic rings. The molecule has 4 nitrogen and oxygen atoms in total. The average Bonchev–Trinajstić information content (AvgIpc) is 2.61. The Morgan fingerprint density at radius 2 is 1.77 bits per heavy atom. The molecule has 0 unspecified atom stereocenters. The zero-order chi connectivity index (χ0) is 15.2. The van der Waals surface area contributed by atoms with Gasteiger partial charge in [-0.2, -0.15) is 5.10 Å². The third kappa shape index (κ3) is 3.58. The van der Waals surface area contributed by atoms with Crippen molar-refractivity contribution in [3.05, 3.63) is 66.0 Å². The minimum atomic E-state index is -0.252.